The highest BCUT2D eigenvalue weighted by molar-refractivity contribution is 7.20. The first kappa shape index (κ1) is 14.9. The Morgan fingerprint density at radius 3 is 2.58 bits per heavy atom. The molecule has 2 heterocycles. The Kier molecular flexibility index (Phi) is 4.56. The van der Waals surface area contributed by atoms with E-state index in [1.54, 1.807) is 0 Å². The molecule has 0 aliphatic heterocycles. The van der Waals surface area contributed by atoms with Crippen molar-refractivity contribution in [3.63, 3.8) is 0 Å². The van der Waals surface area contributed by atoms with E-state index in [0.717, 1.165) is 26.5 Å². The van der Waals surface area contributed by atoms with Crippen molar-refractivity contribution in [1.29, 1.82) is 0 Å². The predicted molar refractivity (Wildman–Crippen MR) is 82.3 cm³/mol. The fourth-order valence-corrected chi connectivity index (χ4v) is 3.73. The fourth-order valence-electron chi connectivity index (χ4n) is 2.09. The van der Waals surface area contributed by atoms with Crippen LogP contribution in [0.4, 0.5) is 0 Å². The van der Waals surface area contributed by atoms with Crippen molar-refractivity contribution >= 4 is 34.5 Å². The lowest BCUT2D eigenvalue weighted by Gasteiger charge is -2.13. The monoisotopic (exact) mass is 317 g/mol. The van der Waals surface area contributed by atoms with Crippen LogP contribution in [0.15, 0.2) is 6.07 Å². The van der Waals surface area contributed by atoms with Crippen LogP contribution in [0.25, 0.3) is 0 Å². The summed E-state index contributed by atoms with van der Waals surface area (Å²) in [6.07, 6.45) is 0. The lowest BCUT2D eigenvalue weighted by Crippen LogP contribution is -2.18. The molecule has 1 unspecified atom stereocenters. The van der Waals surface area contributed by atoms with Gasteiger partial charge in [0.1, 0.15) is 0 Å². The van der Waals surface area contributed by atoms with E-state index in [0.29, 0.717) is 0 Å². The van der Waals surface area contributed by atoms with E-state index in [4.69, 9.17) is 23.2 Å². The first-order valence-electron chi connectivity index (χ1n) is 6.07. The van der Waals surface area contributed by atoms with E-state index in [-0.39, 0.29) is 6.04 Å². The maximum Gasteiger partial charge on any atom is 0.0991 e. The topological polar surface area (TPSA) is 29.9 Å². The van der Waals surface area contributed by atoms with E-state index < -0.39 is 0 Å². The molecule has 0 aliphatic carbocycles. The number of nitrogens with one attached hydrogen (secondary N) is 1. The number of halogens is 2. The van der Waals surface area contributed by atoms with Crippen molar-refractivity contribution in [3.05, 3.63) is 37.3 Å². The van der Waals surface area contributed by atoms with Crippen molar-refractivity contribution < 1.29 is 0 Å². The molecule has 3 nitrogen and oxygen atoms in total. The third kappa shape index (κ3) is 3.14. The van der Waals surface area contributed by atoms with Gasteiger partial charge in [-0.05, 0) is 32.4 Å². The lowest BCUT2D eigenvalue weighted by molar-refractivity contribution is 0.573. The molecule has 1 N–H and O–H groups in total. The summed E-state index contributed by atoms with van der Waals surface area (Å²) < 4.78 is 3.39. The Morgan fingerprint density at radius 1 is 1.42 bits per heavy atom. The quantitative estimate of drug-likeness (QED) is 0.913. The van der Waals surface area contributed by atoms with Gasteiger partial charge in [-0.25, -0.2) is 0 Å². The molecule has 2 rings (SSSR count). The first-order chi connectivity index (χ1) is 8.90. The number of thiophene rings is 1. The van der Waals surface area contributed by atoms with Gasteiger partial charge in [0, 0.05) is 30.9 Å². The summed E-state index contributed by atoms with van der Waals surface area (Å²) in [5, 5.41) is 7.89. The van der Waals surface area contributed by atoms with E-state index in [2.05, 4.69) is 24.3 Å². The van der Waals surface area contributed by atoms with E-state index >= 15 is 0 Å². The predicted octanol–water partition coefficient (Wildman–Crippen LogP) is 4.26. The van der Waals surface area contributed by atoms with E-state index in [1.165, 1.54) is 22.6 Å². The van der Waals surface area contributed by atoms with Crippen LogP contribution in [0.2, 0.25) is 8.67 Å². The van der Waals surface area contributed by atoms with Gasteiger partial charge in [0.2, 0.25) is 0 Å². The molecule has 0 saturated heterocycles. The zero-order valence-corrected chi connectivity index (χ0v) is 13.7. The summed E-state index contributed by atoms with van der Waals surface area (Å²) in [6, 6.07) is 2.09. The van der Waals surface area contributed by atoms with Gasteiger partial charge in [0.25, 0.3) is 0 Å². The zero-order chi connectivity index (χ0) is 14.2. The standard InChI is InChI=1S/C13H17Cl2N3S/c1-7(10-5-12(14)19-13(10)15)16-6-11-8(2)17-18(4)9(11)3/h5,7,16H,6H2,1-4H3. The van der Waals surface area contributed by atoms with Crippen LogP contribution in [-0.4, -0.2) is 9.78 Å². The highest BCUT2D eigenvalue weighted by Crippen LogP contribution is 2.34. The molecule has 0 fully saturated rings. The molecule has 104 valence electrons. The Hall–Kier alpha value is -0.550. The summed E-state index contributed by atoms with van der Waals surface area (Å²) in [4.78, 5) is 0. The van der Waals surface area contributed by atoms with Crippen molar-refractivity contribution in [2.24, 2.45) is 7.05 Å². The largest absolute Gasteiger partial charge is 0.306 e. The molecule has 19 heavy (non-hydrogen) atoms. The van der Waals surface area contributed by atoms with Gasteiger partial charge < -0.3 is 5.32 Å². The minimum atomic E-state index is 0.162. The maximum atomic E-state index is 6.17. The van der Waals surface area contributed by atoms with Crippen molar-refractivity contribution in [3.8, 4) is 0 Å². The minimum absolute atomic E-state index is 0.162. The number of nitrogens with zero attached hydrogens (tertiary/aromatic N) is 2. The van der Waals surface area contributed by atoms with Crippen LogP contribution in [0.3, 0.4) is 0 Å². The zero-order valence-electron chi connectivity index (χ0n) is 11.4. The van der Waals surface area contributed by atoms with Gasteiger partial charge >= 0.3 is 0 Å². The number of rotatable bonds is 4. The lowest BCUT2D eigenvalue weighted by atomic mass is 10.1. The fraction of sp³-hybridized carbons (Fsp3) is 0.462. The van der Waals surface area contributed by atoms with Gasteiger partial charge in [-0.3, -0.25) is 4.68 Å². The Bertz CT molecular complexity index is 589. The van der Waals surface area contributed by atoms with Crippen molar-refractivity contribution in [2.45, 2.75) is 33.4 Å². The molecule has 2 aromatic heterocycles. The molecular formula is C13H17Cl2N3S. The summed E-state index contributed by atoms with van der Waals surface area (Å²) in [5.41, 5.74) is 4.54. The number of aryl methyl sites for hydroxylation is 2. The number of aromatic nitrogens is 2. The smallest absolute Gasteiger partial charge is 0.0991 e. The van der Waals surface area contributed by atoms with Crippen LogP contribution in [-0.2, 0) is 13.6 Å². The Morgan fingerprint density at radius 2 is 2.11 bits per heavy atom. The molecular weight excluding hydrogens is 301 g/mol. The summed E-state index contributed by atoms with van der Waals surface area (Å²) in [5.74, 6) is 0. The van der Waals surface area contributed by atoms with Crippen molar-refractivity contribution in [2.75, 3.05) is 0 Å². The van der Waals surface area contributed by atoms with Crippen LogP contribution in [0.1, 0.15) is 35.5 Å². The second-order valence-corrected chi connectivity index (χ2v) is 6.94. The molecule has 0 saturated carbocycles. The highest BCUT2D eigenvalue weighted by Gasteiger charge is 2.15. The second kappa shape index (κ2) is 5.83. The number of hydrogen-bond donors (Lipinski definition) is 1. The minimum Gasteiger partial charge on any atom is -0.306 e. The van der Waals surface area contributed by atoms with Gasteiger partial charge in [-0.1, -0.05) is 23.2 Å². The second-order valence-electron chi connectivity index (χ2n) is 4.66. The van der Waals surface area contributed by atoms with Crippen LogP contribution in [0.5, 0.6) is 0 Å². The third-order valence-electron chi connectivity index (χ3n) is 3.39. The molecule has 0 amide bonds. The molecule has 0 aliphatic rings. The molecule has 0 spiro atoms. The normalized spacial score (nSPS) is 12.9. The van der Waals surface area contributed by atoms with Gasteiger partial charge in [-0.2, -0.15) is 5.10 Å². The molecule has 2 aromatic rings. The third-order valence-corrected chi connectivity index (χ3v) is 4.91. The van der Waals surface area contributed by atoms with Gasteiger partial charge in [0.15, 0.2) is 0 Å². The van der Waals surface area contributed by atoms with Crippen LogP contribution in [0, 0.1) is 13.8 Å². The molecule has 0 bridgehead atoms. The van der Waals surface area contributed by atoms with Gasteiger partial charge in [0.05, 0.1) is 14.4 Å². The summed E-state index contributed by atoms with van der Waals surface area (Å²) >= 11 is 13.5. The molecule has 6 heteroatoms. The van der Waals surface area contributed by atoms with E-state index in [1.807, 2.05) is 24.7 Å². The van der Waals surface area contributed by atoms with Crippen LogP contribution >= 0.6 is 34.5 Å². The van der Waals surface area contributed by atoms with Crippen LogP contribution < -0.4 is 5.32 Å². The molecule has 1 atom stereocenters. The average molecular weight is 318 g/mol. The Labute approximate surface area is 127 Å². The summed E-state index contributed by atoms with van der Waals surface area (Å²) in [6.45, 7) is 6.97. The summed E-state index contributed by atoms with van der Waals surface area (Å²) in [7, 11) is 1.96. The van der Waals surface area contributed by atoms with Gasteiger partial charge in [-0.15, -0.1) is 11.3 Å². The highest BCUT2D eigenvalue weighted by atomic mass is 35.5. The SMILES string of the molecule is Cc1nn(C)c(C)c1CNC(C)c1cc(Cl)sc1Cl. The molecule has 0 aromatic carbocycles. The van der Waals surface area contributed by atoms with Crippen molar-refractivity contribution in [1.82, 2.24) is 15.1 Å². The average Bonchev–Trinajstić information content (AvgIpc) is 2.78. The molecule has 0 radical (unpaired) electrons. The Balaban J connectivity index is 2.08. The number of hydrogen-bond acceptors (Lipinski definition) is 3. The maximum absolute atomic E-state index is 6.17. The first-order valence-corrected chi connectivity index (χ1v) is 7.64. The van der Waals surface area contributed by atoms with E-state index in [9.17, 15) is 0 Å².